The van der Waals surface area contributed by atoms with Crippen molar-refractivity contribution in [2.45, 2.75) is 70.7 Å². The summed E-state index contributed by atoms with van der Waals surface area (Å²) in [4.78, 5) is 10.5. The number of nitrogens with zero attached hydrogens (tertiary/aromatic N) is 2. The summed E-state index contributed by atoms with van der Waals surface area (Å²) < 4.78 is 0. The maximum Gasteiger partial charge on any atom is 0.191 e. The van der Waals surface area contributed by atoms with Crippen molar-refractivity contribution in [1.82, 2.24) is 15.6 Å². The molecule has 1 fully saturated rings. The third kappa shape index (κ3) is 7.47. The number of hydrogen-bond acceptors (Lipinski definition) is 4. The first-order valence-electron chi connectivity index (χ1n) is 8.85. The van der Waals surface area contributed by atoms with E-state index in [1.54, 1.807) is 11.3 Å². The molecule has 2 atom stereocenters. The van der Waals surface area contributed by atoms with Gasteiger partial charge in [0.2, 0.25) is 0 Å². The van der Waals surface area contributed by atoms with Gasteiger partial charge in [-0.3, -0.25) is 0 Å². The zero-order valence-corrected chi connectivity index (χ0v) is 19.0. The van der Waals surface area contributed by atoms with Gasteiger partial charge in [-0.15, -0.1) is 35.3 Å². The second-order valence-electron chi connectivity index (χ2n) is 5.85. The van der Waals surface area contributed by atoms with Crippen molar-refractivity contribution < 1.29 is 0 Å². The highest BCUT2D eigenvalue weighted by Crippen LogP contribution is 2.28. The van der Waals surface area contributed by atoms with E-state index in [1.165, 1.54) is 36.3 Å². The van der Waals surface area contributed by atoms with Gasteiger partial charge in [0.25, 0.3) is 0 Å². The van der Waals surface area contributed by atoms with Gasteiger partial charge in [0.1, 0.15) is 5.01 Å². The average molecular weight is 483 g/mol. The van der Waals surface area contributed by atoms with Crippen LogP contribution in [0, 0.1) is 0 Å². The van der Waals surface area contributed by atoms with E-state index in [9.17, 15) is 0 Å². The molecule has 24 heavy (non-hydrogen) atoms. The maximum absolute atomic E-state index is 4.73. The van der Waals surface area contributed by atoms with Crippen LogP contribution in [0.1, 0.15) is 56.3 Å². The Bertz CT molecular complexity index is 491. The molecule has 2 rings (SSSR count). The summed E-state index contributed by atoms with van der Waals surface area (Å²) in [6.45, 7) is 8.10. The van der Waals surface area contributed by atoms with Gasteiger partial charge in [0.15, 0.2) is 5.96 Å². The van der Waals surface area contributed by atoms with Crippen LogP contribution in [0.3, 0.4) is 0 Å². The molecule has 0 amide bonds. The molecule has 0 saturated heterocycles. The third-order valence-electron chi connectivity index (χ3n) is 4.04. The van der Waals surface area contributed by atoms with E-state index in [0.717, 1.165) is 29.2 Å². The predicted octanol–water partition coefficient (Wildman–Crippen LogP) is 4.44. The Morgan fingerprint density at radius 3 is 2.88 bits per heavy atom. The van der Waals surface area contributed by atoms with Crippen molar-refractivity contribution in [2.24, 2.45) is 4.99 Å². The van der Waals surface area contributed by atoms with Crippen molar-refractivity contribution in [1.29, 1.82) is 0 Å². The smallest absolute Gasteiger partial charge is 0.191 e. The molecule has 1 aromatic heterocycles. The lowest BCUT2D eigenvalue weighted by molar-refractivity contribution is 0.419. The van der Waals surface area contributed by atoms with Crippen LogP contribution in [0.25, 0.3) is 0 Å². The first-order valence-corrected chi connectivity index (χ1v) is 10.7. The van der Waals surface area contributed by atoms with E-state index in [4.69, 9.17) is 4.99 Å². The Balaban J connectivity index is 0.00000288. The molecule has 1 aromatic rings. The number of thioether (sulfide) groups is 1. The molecule has 0 aliphatic heterocycles. The van der Waals surface area contributed by atoms with E-state index in [1.807, 2.05) is 6.20 Å². The molecule has 1 aliphatic carbocycles. The zero-order valence-electron chi connectivity index (χ0n) is 15.0. The van der Waals surface area contributed by atoms with Crippen LogP contribution >= 0.6 is 47.1 Å². The number of halogens is 1. The van der Waals surface area contributed by atoms with Crippen molar-refractivity contribution in [3.8, 4) is 0 Å². The summed E-state index contributed by atoms with van der Waals surface area (Å²) in [5.41, 5.74) is 0. The molecular formula is C17H31IN4S2. The summed E-state index contributed by atoms with van der Waals surface area (Å²) >= 11 is 3.87. The highest BCUT2D eigenvalue weighted by Gasteiger charge is 2.22. The Morgan fingerprint density at radius 2 is 2.21 bits per heavy atom. The number of rotatable bonds is 7. The standard InChI is InChI=1S/C17H30N4S2.HI/c1-4-14-11-19-16(23-14)12-20-17(18-5-2)21-13-8-7-9-15(10-13)22-6-3;/h11,13,15H,4-10,12H2,1-3H3,(H2,18,20,21);1H. The lowest BCUT2D eigenvalue weighted by atomic mass is 9.95. The molecule has 0 spiro atoms. The van der Waals surface area contributed by atoms with Gasteiger partial charge in [0.05, 0.1) is 6.54 Å². The highest BCUT2D eigenvalue weighted by molar-refractivity contribution is 14.0. The summed E-state index contributed by atoms with van der Waals surface area (Å²) in [6, 6.07) is 0.549. The lowest BCUT2D eigenvalue weighted by Crippen LogP contribution is -2.45. The first-order chi connectivity index (χ1) is 11.2. The molecule has 0 aromatic carbocycles. The fraction of sp³-hybridized carbons (Fsp3) is 0.765. The molecule has 4 nitrogen and oxygen atoms in total. The second-order valence-corrected chi connectivity index (χ2v) is 8.63. The average Bonchev–Trinajstić information content (AvgIpc) is 3.02. The fourth-order valence-electron chi connectivity index (χ4n) is 2.91. The Morgan fingerprint density at radius 1 is 1.38 bits per heavy atom. The Kier molecular flexibility index (Phi) is 11.3. The number of aryl methyl sites for hydroxylation is 1. The van der Waals surface area contributed by atoms with Crippen LogP contribution in [0.4, 0.5) is 0 Å². The molecule has 0 bridgehead atoms. The Hall–Kier alpha value is -0.0200. The molecule has 1 aliphatic rings. The van der Waals surface area contributed by atoms with Crippen molar-refractivity contribution >= 4 is 53.0 Å². The fourth-order valence-corrected chi connectivity index (χ4v) is 4.87. The summed E-state index contributed by atoms with van der Waals surface area (Å²) in [5.74, 6) is 2.16. The van der Waals surface area contributed by atoms with Crippen molar-refractivity contribution in [2.75, 3.05) is 12.3 Å². The number of guanidine groups is 1. The number of aliphatic imine (C=N–C) groups is 1. The largest absolute Gasteiger partial charge is 0.357 e. The van der Waals surface area contributed by atoms with Crippen molar-refractivity contribution in [3.05, 3.63) is 16.1 Å². The minimum atomic E-state index is 0. The van der Waals surface area contributed by atoms with Crippen LogP contribution in [0.2, 0.25) is 0 Å². The molecular weight excluding hydrogens is 451 g/mol. The monoisotopic (exact) mass is 482 g/mol. The Labute approximate surface area is 172 Å². The van der Waals surface area contributed by atoms with Gasteiger partial charge in [-0.2, -0.15) is 11.8 Å². The third-order valence-corrected chi connectivity index (χ3v) is 6.40. The number of thiazole rings is 1. The zero-order chi connectivity index (χ0) is 16.5. The lowest BCUT2D eigenvalue weighted by Gasteiger charge is -2.30. The summed E-state index contributed by atoms with van der Waals surface area (Å²) in [7, 11) is 0. The topological polar surface area (TPSA) is 49.3 Å². The first kappa shape index (κ1) is 22.0. The van der Waals surface area contributed by atoms with Gasteiger partial charge in [-0.25, -0.2) is 9.98 Å². The number of hydrogen-bond donors (Lipinski definition) is 2. The highest BCUT2D eigenvalue weighted by atomic mass is 127. The quantitative estimate of drug-likeness (QED) is 0.343. The van der Waals surface area contributed by atoms with Crippen LogP contribution in [-0.4, -0.2) is 34.5 Å². The van der Waals surface area contributed by atoms with Gasteiger partial charge in [-0.1, -0.05) is 20.3 Å². The number of aromatic nitrogens is 1. The van der Waals surface area contributed by atoms with E-state index in [2.05, 4.69) is 48.2 Å². The SMILES string of the molecule is CCNC(=NCc1ncc(CC)s1)NC1CCCC(SCC)C1.I. The molecule has 7 heteroatoms. The normalized spacial score (nSPS) is 21.2. The molecule has 0 radical (unpaired) electrons. The minimum absolute atomic E-state index is 0. The van der Waals surface area contributed by atoms with E-state index < -0.39 is 0 Å². The summed E-state index contributed by atoms with van der Waals surface area (Å²) in [6.07, 6.45) is 8.22. The van der Waals surface area contributed by atoms with Crippen LogP contribution in [0.5, 0.6) is 0 Å². The molecule has 1 heterocycles. The van der Waals surface area contributed by atoms with Gasteiger partial charge in [-0.05, 0) is 38.4 Å². The summed E-state index contributed by atoms with van der Waals surface area (Å²) in [5, 5.41) is 8.92. The van der Waals surface area contributed by atoms with Crippen LogP contribution in [-0.2, 0) is 13.0 Å². The van der Waals surface area contributed by atoms with Crippen molar-refractivity contribution in [3.63, 3.8) is 0 Å². The van der Waals surface area contributed by atoms with Gasteiger partial charge < -0.3 is 10.6 Å². The molecule has 138 valence electrons. The minimum Gasteiger partial charge on any atom is -0.357 e. The van der Waals surface area contributed by atoms with Crippen LogP contribution in [0.15, 0.2) is 11.2 Å². The van der Waals surface area contributed by atoms with Gasteiger partial charge in [0, 0.05) is 28.9 Å². The number of nitrogens with one attached hydrogen (secondary N) is 2. The second kappa shape index (κ2) is 12.4. The molecule has 2 unspecified atom stereocenters. The van der Waals surface area contributed by atoms with Crippen LogP contribution < -0.4 is 10.6 Å². The molecule has 1 saturated carbocycles. The van der Waals surface area contributed by atoms with E-state index in [0.29, 0.717) is 12.6 Å². The van der Waals surface area contributed by atoms with E-state index in [-0.39, 0.29) is 24.0 Å². The van der Waals surface area contributed by atoms with Gasteiger partial charge >= 0.3 is 0 Å². The molecule has 2 N–H and O–H groups in total. The van der Waals surface area contributed by atoms with E-state index >= 15 is 0 Å². The predicted molar refractivity (Wildman–Crippen MR) is 119 cm³/mol. The maximum atomic E-state index is 4.73.